The standard InChI is InChI=1S/C26H31N3O/c1-4-24(21-14-13-19-9-5-6-10-20(19)15-21)28-17-22(16-27)26(30)29-25-12-8-7-11-23(25)18(2)3/h7-8,11-15,17-18,24,28H,4-6,9-10H2,1-3H3,(H,29,30)/b22-17-. The first-order chi connectivity index (χ1) is 14.5. The van der Waals surface area contributed by atoms with Crippen LogP contribution in [-0.4, -0.2) is 5.91 Å². The van der Waals surface area contributed by atoms with Gasteiger partial charge in [-0.15, -0.1) is 0 Å². The fourth-order valence-electron chi connectivity index (χ4n) is 4.06. The molecule has 1 aliphatic rings. The van der Waals surface area contributed by atoms with Crippen molar-refractivity contribution in [1.82, 2.24) is 5.32 Å². The summed E-state index contributed by atoms with van der Waals surface area (Å²) in [7, 11) is 0. The van der Waals surface area contributed by atoms with E-state index in [1.54, 1.807) is 6.20 Å². The molecule has 2 aromatic rings. The Balaban J connectivity index is 1.74. The second-order valence-electron chi connectivity index (χ2n) is 8.23. The van der Waals surface area contributed by atoms with Crippen LogP contribution in [0.3, 0.4) is 0 Å². The van der Waals surface area contributed by atoms with E-state index in [1.165, 1.54) is 29.5 Å². The Morgan fingerprint density at radius 2 is 1.87 bits per heavy atom. The minimum atomic E-state index is -0.390. The van der Waals surface area contributed by atoms with Crippen molar-refractivity contribution in [3.63, 3.8) is 0 Å². The van der Waals surface area contributed by atoms with Crippen LogP contribution in [0.2, 0.25) is 0 Å². The molecule has 30 heavy (non-hydrogen) atoms. The van der Waals surface area contributed by atoms with Gasteiger partial charge >= 0.3 is 0 Å². The molecule has 0 aliphatic heterocycles. The fourth-order valence-corrected chi connectivity index (χ4v) is 4.06. The minimum Gasteiger partial charge on any atom is -0.383 e. The Morgan fingerprint density at radius 3 is 2.57 bits per heavy atom. The molecule has 4 heteroatoms. The Labute approximate surface area is 180 Å². The zero-order valence-corrected chi connectivity index (χ0v) is 18.2. The summed E-state index contributed by atoms with van der Waals surface area (Å²) in [4.78, 5) is 12.7. The van der Waals surface area contributed by atoms with Crippen molar-refractivity contribution < 1.29 is 4.79 Å². The molecule has 0 fully saturated rings. The number of benzene rings is 2. The molecule has 3 rings (SSSR count). The Kier molecular flexibility index (Phi) is 7.30. The van der Waals surface area contributed by atoms with Gasteiger partial charge in [0, 0.05) is 11.9 Å². The highest BCUT2D eigenvalue weighted by Crippen LogP contribution is 2.27. The van der Waals surface area contributed by atoms with E-state index < -0.39 is 5.91 Å². The number of hydrogen-bond donors (Lipinski definition) is 2. The lowest BCUT2D eigenvalue weighted by molar-refractivity contribution is -0.112. The normalized spacial score (nSPS) is 14.6. The number of rotatable bonds is 7. The van der Waals surface area contributed by atoms with Gasteiger partial charge in [0.05, 0.1) is 6.04 Å². The van der Waals surface area contributed by atoms with Gasteiger partial charge in [0.2, 0.25) is 0 Å². The molecule has 1 amide bonds. The van der Waals surface area contributed by atoms with E-state index in [0.717, 1.165) is 30.5 Å². The third-order valence-corrected chi connectivity index (χ3v) is 5.81. The summed E-state index contributed by atoms with van der Waals surface area (Å²) in [5.74, 6) is -0.110. The first-order valence-corrected chi connectivity index (χ1v) is 10.9. The summed E-state index contributed by atoms with van der Waals surface area (Å²) >= 11 is 0. The summed E-state index contributed by atoms with van der Waals surface area (Å²) in [6.07, 6.45) is 7.24. The maximum Gasteiger partial charge on any atom is 0.267 e. The maximum absolute atomic E-state index is 12.7. The van der Waals surface area contributed by atoms with Gasteiger partial charge < -0.3 is 10.6 Å². The second kappa shape index (κ2) is 10.1. The van der Waals surface area contributed by atoms with Crippen LogP contribution in [-0.2, 0) is 17.6 Å². The lowest BCUT2D eigenvalue weighted by Crippen LogP contribution is -2.20. The van der Waals surface area contributed by atoms with E-state index in [9.17, 15) is 10.1 Å². The number of fused-ring (bicyclic) bond motifs is 1. The summed E-state index contributed by atoms with van der Waals surface area (Å²) in [5, 5.41) is 15.7. The summed E-state index contributed by atoms with van der Waals surface area (Å²) in [6, 6.07) is 16.5. The smallest absolute Gasteiger partial charge is 0.267 e. The number of carbonyl (C=O) groups is 1. The highest BCUT2D eigenvalue weighted by atomic mass is 16.1. The van der Waals surface area contributed by atoms with E-state index in [4.69, 9.17) is 0 Å². The van der Waals surface area contributed by atoms with Gasteiger partial charge in [-0.1, -0.05) is 57.2 Å². The zero-order chi connectivity index (χ0) is 21.5. The molecular weight excluding hydrogens is 370 g/mol. The van der Waals surface area contributed by atoms with Gasteiger partial charge in [-0.2, -0.15) is 5.26 Å². The topological polar surface area (TPSA) is 64.9 Å². The predicted molar refractivity (Wildman–Crippen MR) is 122 cm³/mol. The highest BCUT2D eigenvalue weighted by Gasteiger charge is 2.16. The number of anilines is 1. The number of nitriles is 1. The highest BCUT2D eigenvalue weighted by molar-refractivity contribution is 6.06. The number of nitrogens with zero attached hydrogens (tertiary/aromatic N) is 1. The van der Waals surface area contributed by atoms with E-state index in [2.05, 4.69) is 49.6 Å². The molecule has 0 spiro atoms. The van der Waals surface area contributed by atoms with Gasteiger partial charge in [-0.25, -0.2) is 0 Å². The van der Waals surface area contributed by atoms with Crippen LogP contribution < -0.4 is 10.6 Å². The summed E-state index contributed by atoms with van der Waals surface area (Å²) in [6.45, 7) is 6.27. The number of aryl methyl sites for hydroxylation is 2. The quantitative estimate of drug-likeness (QED) is 0.457. The van der Waals surface area contributed by atoms with Crippen LogP contribution in [0.1, 0.15) is 74.2 Å². The number of hydrogen-bond acceptors (Lipinski definition) is 3. The molecule has 0 bridgehead atoms. The molecule has 0 radical (unpaired) electrons. The molecule has 2 N–H and O–H groups in total. The first-order valence-electron chi connectivity index (χ1n) is 10.9. The second-order valence-corrected chi connectivity index (χ2v) is 8.23. The van der Waals surface area contributed by atoms with E-state index in [1.807, 2.05) is 30.3 Å². The monoisotopic (exact) mass is 401 g/mol. The van der Waals surface area contributed by atoms with Crippen LogP contribution in [0.25, 0.3) is 0 Å². The molecule has 1 unspecified atom stereocenters. The van der Waals surface area contributed by atoms with Crippen molar-refractivity contribution in [2.45, 2.75) is 64.8 Å². The number of para-hydroxylation sites is 1. The Hall–Kier alpha value is -3.06. The SMILES string of the molecule is CCC(N/C=C(/C#N)C(=O)Nc1ccccc1C(C)C)c1ccc2c(c1)CCCC2. The molecule has 4 nitrogen and oxygen atoms in total. The van der Waals surface area contributed by atoms with E-state index in [-0.39, 0.29) is 17.5 Å². The van der Waals surface area contributed by atoms with Crippen molar-refractivity contribution in [2.24, 2.45) is 0 Å². The molecule has 0 saturated carbocycles. The Morgan fingerprint density at radius 1 is 1.13 bits per heavy atom. The van der Waals surface area contributed by atoms with Gasteiger partial charge in [-0.3, -0.25) is 4.79 Å². The Bertz CT molecular complexity index is 968. The molecule has 2 aromatic carbocycles. The minimum absolute atomic E-state index is 0.0660. The van der Waals surface area contributed by atoms with Gasteiger partial charge in [0.25, 0.3) is 5.91 Å². The van der Waals surface area contributed by atoms with Crippen molar-refractivity contribution in [3.8, 4) is 6.07 Å². The average Bonchev–Trinajstić information content (AvgIpc) is 2.76. The first kappa shape index (κ1) is 21.6. The van der Waals surface area contributed by atoms with Gasteiger partial charge in [0.1, 0.15) is 11.6 Å². The van der Waals surface area contributed by atoms with Crippen molar-refractivity contribution in [2.75, 3.05) is 5.32 Å². The van der Waals surface area contributed by atoms with Crippen molar-refractivity contribution in [1.29, 1.82) is 5.26 Å². The average molecular weight is 402 g/mol. The van der Waals surface area contributed by atoms with Crippen molar-refractivity contribution >= 4 is 11.6 Å². The molecule has 156 valence electrons. The number of amides is 1. The zero-order valence-electron chi connectivity index (χ0n) is 18.2. The molecule has 0 saturated heterocycles. The van der Waals surface area contributed by atoms with Crippen LogP contribution in [0.4, 0.5) is 5.69 Å². The van der Waals surface area contributed by atoms with Crippen molar-refractivity contribution in [3.05, 3.63) is 76.5 Å². The number of nitrogens with one attached hydrogen (secondary N) is 2. The van der Waals surface area contributed by atoms with E-state index >= 15 is 0 Å². The van der Waals surface area contributed by atoms with Crippen LogP contribution >= 0.6 is 0 Å². The van der Waals surface area contributed by atoms with Crippen LogP contribution in [0, 0.1) is 11.3 Å². The summed E-state index contributed by atoms with van der Waals surface area (Å²) in [5.41, 5.74) is 5.97. The van der Waals surface area contributed by atoms with Crippen LogP contribution in [0.15, 0.2) is 54.2 Å². The van der Waals surface area contributed by atoms with Crippen LogP contribution in [0.5, 0.6) is 0 Å². The largest absolute Gasteiger partial charge is 0.383 e. The molecular formula is C26H31N3O. The number of carbonyl (C=O) groups excluding carboxylic acids is 1. The summed E-state index contributed by atoms with van der Waals surface area (Å²) < 4.78 is 0. The molecule has 0 heterocycles. The third kappa shape index (κ3) is 5.10. The van der Waals surface area contributed by atoms with E-state index in [0.29, 0.717) is 0 Å². The van der Waals surface area contributed by atoms with Gasteiger partial charge in [0.15, 0.2) is 0 Å². The predicted octanol–water partition coefficient (Wildman–Crippen LogP) is 5.78. The molecule has 0 aromatic heterocycles. The fraction of sp³-hybridized carbons (Fsp3) is 0.385. The third-order valence-electron chi connectivity index (χ3n) is 5.81. The molecule has 1 aliphatic carbocycles. The van der Waals surface area contributed by atoms with Gasteiger partial charge in [-0.05, 0) is 66.3 Å². The molecule has 1 atom stereocenters. The lowest BCUT2D eigenvalue weighted by atomic mass is 9.89. The lowest BCUT2D eigenvalue weighted by Gasteiger charge is -2.21. The maximum atomic E-state index is 12.7.